The number of ether oxygens (including phenoxy) is 1. The summed E-state index contributed by atoms with van der Waals surface area (Å²) in [5, 5.41) is 0. The highest BCUT2D eigenvalue weighted by Crippen LogP contribution is 2.17. The summed E-state index contributed by atoms with van der Waals surface area (Å²) in [5.74, 6) is -0.0920. The van der Waals surface area contributed by atoms with E-state index in [1.807, 2.05) is 13.0 Å². The van der Waals surface area contributed by atoms with E-state index in [0.717, 1.165) is 19.5 Å². The summed E-state index contributed by atoms with van der Waals surface area (Å²) < 4.78 is 4.91. The van der Waals surface area contributed by atoms with E-state index in [-0.39, 0.29) is 12.0 Å². The zero-order valence-corrected chi connectivity index (χ0v) is 7.45. The van der Waals surface area contributed by atoms with Crippen molar-refractivity contribution in [3.8, 4) is 0 Å². The molecule has 0 aromatic carbocycles. The van der Waals surface area contributed by atoms with Gasteiger partial charge in [0.25, 0.3) is 0 Å². The van der Waals surface area contributed by atoms with Crippen LogP contribution in [0.15, 0.2) is 12.7 Å². The number of nitrogens with zero attached hydrogens (tertiary/aromatic N) is 1. The summed E-state index contributed by atoms with van der Waals surface area (Å²) in [6.45, 7) is 7.69. The monoisotopic (exact) mass is 169 g/mol. The third-order valence-electron chi connectivity index (χ3n) is 2.05. The Bertz CT molecular complexity index is 179. The molecule has 0 aromatic heterocycles. The van der Waals surface area contributed by atoms with Gasteiger partial charge in [-0.25, -0.2) is 0 Å². The molecule has 0 amide bonds. The third-order valence-corrected chi connectivity index (χ3v) is 2.05. The lowest BCUT2D eigenvalue weighted by molar-refractivity contribution is -0.154. The minimum absolute atomic E-state index is 0.0112. The van der Waals surface area contributed by atoms with Crippen LogP contribution in [0, 0.1) is 0 Å². The van der Waals surface area contributed by atoms with Gasteiger partial charge in [-0.05, 0) is 13.3 Å². The predicted octanol–water partition coefficient (Wildman–Crippen LogP) is 0.810. The molecule has 1 aliphatic rings. The van der Waals surface area contributed by atoms with Gasteiger partial charge >= 0.3 is 5.97 Å². The van der Waals surface area contributed by atoms with Gasteiger partial charge in [0.15, 0.2) is 0 Å². The summed E-state index contributed by atoms with van der Waals surface area (Å²) >= 11 is 0. The Morgan fingerprint density at radius 3 is 3.00 bits per heavy atom. The van der Waals surface area contributed by atoms with E-state index in [1.54, 1.807) is 0 Å². The van der Waals surface area contributed by atoms with Crippen LogP contribution in [0.3, 0.4) is 0 Å². The maximum Gasteiger partial charge on any atom is 0.323 e. The fourth-order valence-electron chi connectivity index (χ4n) is 1.33. The summed E-state index contributed by atoms with van der Waals surface area (Å²) in [4.78, 5) is 13.3. The fourth-order valence-corrected chi connectivity index (χ4v) is 1.33. The molecule has 1 fully saturated rings. The smallest absolute Gasteiger partial charge is 0.323 e. The Morgan fingerprint density at radius 1 is 1.83 bits per heavy atom. The Hall–Kier alpha value is -0.830. The molecule has 1 atom stereocenters. The third kappa shape index (κ3) is 1.85. The van der Waals surface area contributed by atoms with Crippen LogP contribution in [0.4, 0.5) is 0 Å². The first-order valence-corrected chi connectivity index (χ1v) is 4.31. The summed E-state index contributed by atoms with van der Waals surface area (Å²) in [7, 11) is 0. The van der Waals surface area contributed by atoms with Gasteiger partial charge in [0.2, 0.25) is 0 Å². The SMILES string of the molecule is C=CCN1CC[C@@H]1C(=O)OCC. The van der Waals surface area contributed by atoms with E-state index < -0.39 is 0 Å². The molecular weight excluding hydrogens is 154 g/mol. The van der Waals surface area contributed by atoms with Crippen molar-refractivity contribution in [3.05, 3.63) is 12.7 Å². The molecule has 1 aliphatic heterocycles. The number of carbonyl (C=O) groups excluding carboxylic acids is 1. The van der Waals surface area contributed by atoms with Crippen molar-refractivity contribution < 1.29 is 9.53 Å². The number of carbonyl (C=O) groups is 1. The molecule has 3 heteroatoms. The van der Waals surface area contributed by atoms with Crippen molar-refractivity contribution in [3.63, 3.8) is 0 Å². The lowest BCUT2D eigenvalue weighted by Gasteiger charge is -2.37. The number of hydrogen-bond acceptors (Lipinski definition) is 3. The van der Waals surface area contributed by atoms with Crippen LogP contribution in [0.5, 0.6) is 0 Å². The van der Waals surface area contributed by atoms with Crippen molar-refractivity contribution >= 4 is 5.97 Å². The molecule has 1 rings (SSSR count). The van der Waals surface area contributed by atoms with Crippen molar-refractivity contribution in [2.45, 2.75) is 19.4 Å². The van der Waals surface area contributed by atoms with Crippen LogP contribution < -0.4 is 0 Å². The highest BCUT2D eigenvalue weighted by atomic mass is 16.5. The second-order valence-electron chi connectivity index (χ2n) is 2.84. The van der Waals surface area contributed by atoms with Crippen LogP contribution in [0.25, 0.3) is 0 Å². The normalized spacial score (nSPS) is 22.9. The number of esters is 1. The molecule has 0 aliphatic carbocycles. The van der Waals surface area contributed by atoms with Gasteiger partial charge in [-0.3, -0.25) is 9.69 Å². The van der Waals surface area contributed by atoms with Crippen molar-refractivity contribution in [2.24, 2.45) is 0 Å². The van der Waals surface area contributed by atoms with Gasteiger partial charge in [0.1, 0.15) is 6.04 Å². The van der Waals surface area contributed by atoms with E-state index in [1.165, 1.54) is 0 Å². The van der Waals surface area contributed by atoms with Crippen LogP contribution in [-0.2, 0) is 9.53 Å². The van der Waals surface area contributed by atoms with E-state index in [2.05, 4.69) is 11.5 Å². The van der Waals surface area contributed by atoms with Crippen LogP contribution >= 0.6 is 0 Å². The van der Waals surface area contributed by atoms with Crippen LogP contribution in [0.1, 0.15) is 13.3 Å². The molecule has 12 heavy (non-hydrogen) atoms. The Labute approximate surface area is 73.0 Å². The van der Waals surface area contributed by atoms with E-state index >= 15 is 0 Å². The molecule has 0 aromatic rings. The number of hydrogen-bond donors (Lipinski definition) is 0. The first-order valence-electron chi connectivity index (χ1n) is 4.31. The molecule has 3 nitrogen and oxygen atoms in total. The van der Waals surface area contributed by atoms with Gasteiger partial charge in [0, 0.05) is 13.1 Å². The molecule has 1 heterocycles. The zero-order valence-electron chi connectivity index (χ0n) is 7.45. The average molecular weight is 169 g/mol. The molecule has 0 bridgehead atoms. The lowest BCUT2D eigenvalue weighted by atomic mass is 10.0. The molecule has 0 radical (unpaired) electrons. The van der Waals surface area contributed by atoms with E-state index in [0.29, 0.717) is 6.61 Å². The second kappa shape index (κ2) is 4.26. The zero-order chi connectivity index (χ0) is 8.97. The minimum atomic E-state index is -0.0920. The molecule has 0 unspecified atom stereocenters. The molecule has 0 spiro atoms. The Morgan fingerprint density at radius 2 is 2.58 bits per heavy atom. The van der Waals surface area contributed by atoms with E-state index in [9.17, 15) is 4.79 Å². The highest BCUT2D eigenvalue weighted by Gasteiger charge is 2.33. The molecule has 68 valence electrons. The highest BCUT2D eigenvalue weighted by molar-refractivity contribution is 5.76. The summed E-state index contributed by atoms with van der Waals surface area (Å²) in [5.41, 5.74) is 0. The van der Waals surface area contributed by atoms with Crippen LogP contribution in [0.2, 0.25) is 0 Å². The molecular formula is C9H15NO2. The Kier molecular flexibility index (Phi) is 3.29. The van der Waals surface area contributed by atoms with Gasteiger partial charge in [0.05, 0.1) is 6.61 Å². The first kappa shape index (κ1) is 9.26. The maximum absolute atomic E-state index is 11.2. The quantitative estimate of drug-likeness (QED) is 0.460. The number of rotatable bonds is 4. The van der Waals surface area contributed by atoms with Gasteiger partial charge < -0.3 is 4.74 Å². The average Bonchev–Trinajstić information content (AvgIpc) is 1.98. The van der Waals surface area contributed by atoms with Crippen molar-refractivity contribution in [1.82, 2.24) is 4.90 Å². The maximum atomic E-state index is 11.2. The summed E-state index contributed by atoms with van der Waals surface area (Å²) in [6, 6.07) is -0.0112. The second-order valence-corrected chi connectivity index (χ2v) is 2.84. The minimum Gasteiger partial charge on any atom is -0.465 e. The Balaban J connectivity index is 2.32. The van der Waals surface area contributed by atoms with Crippen molar-refractivity contribution in [1.29, 1.82) is 0 Å². The number of likely N-dealkylation sites (tertiary alicyclic amines) is 1. The lowest BCUT2D eigenvalue weighted by Crippen LogP contribution is -2.52. The van der Waals surface area contributed by atoms with Gasteiger partial charge in [-0.1, -0.05) is 6.08 Å². The standard InChI is InChI=1S/C9H15NO2/c1-3-6-10-7-5-8(10)9(11)12-4-2/h3,8H,1,4-7H2,2H3/t8-/m1/s1. The van der Waals surface area contributed by atoms with Gasteiger partial charge in [-0.15, -0.1) is 6.58 Å². The fraction of sp³-hybridized carbons (Fsp3) is 0.667. The predicted molar refractivity (Wildman–Crippen MR) is 46.8 cm³/mol. The van der Waals surface area contributed by atoms with E-state index in [4.69, 9.17) is 4.74 Å². The molecule has 0 N–H and O–H groups in total. The first-order chi connectivity index (χ1) is 5.79. The van der Waals surface area contributed by atoms with Crippen molar-refractivity contribution in [2.75, 3.05) is 19.7 Å². The summed E-state index contributed by atoms with van der Waals surface area (Å²) in [6.07, 6.45) is 2.73. The molecule has 0 saturated carbocycles. The topological polar surface area (TPSA) is 29.5 Å². The van der Waals surface area contributed by atoms with Crippen LogP contribution in [-0.4, -0.2) is 36.6 Å². The largest absolute Gasteiger partial charge is 0.465 e. The van der Waals surface area contributed by atoms with Gasteiger partial charge in [-0.2, -0.15) is 0 Å². The molecule has 1 saturated heterocycles.